The molecule has 5 heteroatoms. The highest BCUT2D eigenvalue weighted by Crippen LogP contribution is 2.49. The van der Waals surface area contributed by atoms with Crippen molar-refractivity contribution in [1.82, 2.24) is 14.5 Å². The van der Waals surface area contributed by atoms with Crippen molar-refractivity contribution in [3.63, 3.8) is 0 Å². The van der Waals surface area contributed by atoms with E-state index in [4.69, 9.17) is 11.6 Å². The van der Waals surface area contributed by atoms with Crippen LogP contribution in [-0.4, -0.2) is 33.4 Å². The third-order valence-electron chi connectivity index (χ3n) is 5.36. The number of aromatic nitrogens is 2. The number of benzene rings is 1. The van der Waals surface area contributed by atoms with Crippen LogP contribution in [0, 0.1) is 11.3 Å². The predicted octanol–water partition coefficient (Wildman–Crippen LogP) is 3.41. The van der Waals surface area contributed by atoms with Crippen LogP contribution < -0.4 is 0 Å². The molecule has 1 unspecified atom stereocenters. The van der Waals surface area contributed by atoms with Gasteiger partial charge in [-0.2, -0.15) is 0 Å². The summed E-state index contributed by atoms with van der Waals surface area (Å²) in [6.07, 6.45) is 9.65. The van der Waals surface area contributed by atoms with E-state index in [1.54, 1.807) is 12.5 Å². The predicted molar refractivity (Wildman–Crippen MR) is 93.7 cm³/mol. The van der Waals surface area contributed by atoms with E-state index in [2.05, 4.69) is 22.0 Å². The molecular formula is C19H22ClN3O. The number of hydrogen-bond donors (Lipinski definition) is 0. The molecule has 126 valence electrons. The fraction of sp³-hybridized carbons (Fsp3) is 0.474. The van der Waals surface area contributed by atoms with Gasteiger partial charge in [0.2, 0.25) is 5.91 Å². The van der Waals surface area contributed by atoms with Gasteiger partial charge in [0.15, 0.2) is 0 Å². The number of amides is 1. The number of likely N-dealkylation sites (tertiary alicyclic amines) is 1. The van der Waals surface area contributed by atoms with Crippen molar-refractivity contribution in [3.8, 4) is 0 Å². The third-order valence-corrected chi connectivity index (χ3v) is 5.61. The number of carbonyl (C=O) groups excluding carboxylic acids is 1. The first kappa shape index (κ1) is 15.7. The van der Waals surface area contributed by atoms with Gasteiger partial charge in [-0.1, -0.05) is 23.7 Å². The van der Waals surface area contributed by atoms with Gasteiger partial charge >= 0.3 is 0 Å². The van der Waals surface area contributed by atoms with Crippen molar-refractivity contribution in [1.29, 1.82) is 0 Å². The molecule has 1 aliphatic heterocycles. The van der Waals surface area contributed by atoms with Gasteiger partial charge in [0.25, 0.3) is 0 Å². The average molecular weight is 344 g/mol. The molecule has 1 aromatic heterocycles. The number of imidazole rings is 1. The largest absolute Gasteiger partial charge is 0.342 e. The van der Waals surface area contributed by atoms with E-state index >= 15 is 0 Å². The highest BCUT2D eigenvalue weighted by atomic mass is 35.5. The number of halogens is 1. The lowest BCUT2D eigenvalue weighted by atomic mass is 9.99. The molecule has 1 aliphatic carbocycles. The monoisotopic (exact) mass is 343 g/mol. The smallest absolute Gasteiger partial charge is 0.230 e. The molecule has 0 bridgehead atoms. The van der Waals surface area contributed by atoms with E-state index in [0.29, 0.717) is 11.8 Å². The lowest BCUT2D eigenvalue weighted by molar-refractivity contribution is -0.136. The number of nitrogens with zero attached hydrogens (tertiary/aromatic N) is 3. The van der Waals surface area contributed by atoms with Gasteiger partial charge in [0.05, 0.1) is 11.7 Å². The first-order valence-electron chi connectivity index (χ1n) is 8.64. The maximum Gasteiger partial charge on any atom is 0.230 e. The fourth-order valence-electron chi connectivity index (χ4n) is 3.79. The topological polar surface area (TPSA) is 38.1 Å². The van der Waals surface area contributed by atoms with E-state index in [9.17, 15) is 4.79 Å². The van der Waals surface area contributed by atoms with Crippen molar-refractivity contribution in [3.05, 3.63) is 53.6 Å². The summed E-state index contributed by atoms with van der Waals surface area (Å²) < 4.78 is 2.03. The molecule has 1 amide bonds. The van der Waals surface area contributed by atoms with Gasteiger partial charge in [0, 0.05) is 37.1 Å². The molecule has 4 rings (SSSR count). The minimum atomic E-state index is -0.171. The van der Waals surface area contributed by atoms with Crippen LogP contribution in [0.3, 0.4) is 0 Å². The number of carbonyl (C=O) groups is 1. The first-order chi connectivity index (χ1) is 11.6. The highest BCUT2D eigenvalue weighted by molar-refractivity contribution is 6.30. The van der Waals surface area contributed by atoms with E-state index in [-0.39, 0.29) is 5.41 Å². The SMILES string of the molecule is O=C(N1CCC(Cc2ccc(Cl)cc2)C1)C1(Cn2ccnc2)CC1. The minimum absolute atomic E-state index is 0.171. The van der Waals surface area contributed by atoms with E-state index in [1.807, 2.05) is 22.9 Å². The van der Waals surface area contributed by atoms with Gasteiger partial charge in [-0.15, -0.1) is 0 Å². The number of hydrogen-bond acceptors (Lipinski definition) is 2. The summed E-state index contributed by atoms with van der Waals surface area (Å²) in [6.45, 7) is 2.54. The molecule has 1 saturated heterocycles. The summed E-state index contributed by atoms with van der Waals surface area (Å²) in [7, 11) is 0. The van der Waals surface area contributed by atoms with Gasteiger partial charge in [0.1, 0.15) is 0 Å². The van der Waals surface area contributed by atoms with Gasteiger partial charge < -0.3 is 9.47 Å². The standard InChI is InChI=1S/C19H22ClN3O/c20-17-3-1-15(2-4-17)11-16-5-9-23(12-16)18(24)19(6-7-19)13-22-10-8-21-14-22/h1-4,8,10,14,16H,5-7,9,11-13H2. The summed E-state index contributed by atoms with van der Waals surface area (Å²) >= 11 is 5.95. The van der Waals surface area contributed by atoms with Crippen LogP contribution in [0.1, 0.15) is 24.8 Å². The van der Waals surface area contributed by atoms with Crippen molar-refractivity contribution < 1.29 is 4.79 Å². The molecule has 24 heavy (non-hydrogen) atoms. The Balaban J connectivity index is 1.36. The maximum absolute atomic E-state index is 13.0. The molecule has 2 aliphatic rings. The quantitative estimate of drug-likeness (QED) is 0.834. The molecule has 2 heterocycles. The second-order valence-corrected chi connectivity index (χ2v) is 7.69. The Morgan fingerprint density at radius 1 is 1.29 bits per heavy atom. The summed E-state index contributed by atoms with van der Waals surface area (Å²) in [5.41, 5.74) is 1.13. The molecule has 1 saturated carbocycles. The van der Waals surface area contributed by atoms with Gasteiger partial charge in [-0.05, 0) is 49.3 Å². The molecule has 2 aromatic rings. The van der Waals surface area contributed by atoms with Crippen LogP contribution in [0.25, 0.3) is 0 Å². The highest BCUT2D eigenvalue weighted by Gasteiger charge is 2.52. The lowest BCUT2D eigenvalue weighted by Gasteiger charge is -2.23. The number of rotatable bonds is 5. The lowest BCUT2D eigenvalue weighted by Crippen LogP contribution is -2.37. The molecular weight excluding hydrogens is 322 g/mol. The second-order valence-electron chi connectivity index (χ2n) is 7.25. The average Bonchev–Trinajstić information content (AvgIpc) is 2.98. The normalized spacial score (nSPS) is 21.9. The van der Waals surface area contributed by atoms with Crippen LogP contribution in [0.5, 0.6) is 0 Å². The summed E-state index contributed by atoms with van der Waals surface area (Å²) in [5.74, 6) is 0.897. The van der Waals surface area contributed by atoms with Gasteiger partial charge in [-0.3, -0.25) is 4.79 Å². The molecule has 0 spiro atoms. The Morgan fingerprint density at radius 2 is 2.08 bits per heavy atom. The van der Waals surface area contributed by atoms with Crippen LogP contribution in [-0.2, 0) is 17.8 Å². The van der Waals surface area contributed by atoms with Crippen molar-refractivity contribution in [2.45, 2.75) is 32.2 Å². The summed E-state index contributed by atoms with van der Waals surface area (Å²) in [4.78, 5) is 19.1. The van der Waals surface area contributed by atoms with Crippen LogP contribution >= 0.6 is 11.6 Å². The third kappa shape index (κ3) is 3.20. The first-order valence-corrected chi connectivity index (χ1v) is 9.02. The molecule has 2 fully saturated rings. The van der Waals surface area contributed by atoms with Crippen LogP contribution in [0.4, 0.5) is 0 Å². The van der Waals surface area contributed by atoms with Crippen LogP contribution in [0.15, 0.2) is 43.0 Å². The Kier molecular flexibility index (Phi) is 4.09. The Hall–Kier alpha value is -1.81. The fourth-order valence-corrected chi connectivity index (χ4v) is 3.92. The van der Waals surface area contributed by atoms with Crippen molar-refractivity contribution >= 4 is 17.5 Å². The van der Waals surface area contributed by atoms with Crippen molar-refractivity contribution in [2.75, 3.05) is 13.1 Å². The molecule has 4 nitrogen and oxygen atoms in total. The van der Waals surface area contributed by atoms with E-state index in [0.717, 1.165) is 50.3 Å². The Morgan fingerprint density at radius 3 is 2.75 bits per heavy atom. The van der Waals surface area contributed by atoms with Gasteiger partial charge in [-0.25, -0.2) is 4.98 Å². The second kappa shape index (κ2) is 6.25. The zero-order chi connectivity index (χ0) is 16.6. The maximum atomic E-state index is 13.0. The Labute approximate surface area is 147 Å². The molecule has 1 aromatic carbocycles. The van der Waals surface area contributed by atoms with Crippen LogP contribution in [0.2, 0.25) is 5.02 Å². The molecule has 1 atom stereocenters. The Bertz CT molecular complexity index is 707. The summed E-state index contributed by atoms with van der Waals surface area (Å²) in [5, 5.41) is 0.775. The molecule has 0 N–H and O–H groups in total. The zero-order valence-electron chi connectivity index (χ0n) is 13.7. The van der Waals surface area contributed by atoms with Crippen molar-refractivity contribution in [2.24, 2.45) is 11.3 Å². The molecule has 0 radical (unpaired) electrons. The minimum Gasteiger partial charge on any atom is -0.342 e. The summed E-state index contributed by atoms with van der Waals surface area (Å²) in [6, 6.07) is 8.07. The van der Waals surface area contributed by atoms with E-state index < -0.39 is 0 Å². The van der Waals surface area contributed by atoms with E-state index in [1.165, 1.54) is 5.56 Å². The zero-order valence-corrected chi connectivity index (χ0v) is 14.5.